The van der Waals surface area contributed by atoms with E-state index in [-0.39, 0.29) is 11.7 Å². The van der Waals surface area contributed by atoms with Gasteiger partial charge < -0.3 is 37.0 Å². The van der Waals surface area contributed by atoms with Crippen molar-refractivity contribution in [1.29, 1.82) is 0 Å². The third-order valence-electron chi connectivity index (χ3n) is 3.94. The van der Waals surface area contributed by atoms with Crippen molar-refractivity contribution in [3.05, 3.63) is 0 Å². The second-order valence-electron chi connectivity index (χ2n) is 5.99. The predicted molar refractivity (Wildman–Crippen MR) is 98.9 cm³/mol. The minimum absolute atomic E-state index is 0.142. The number of carbonyl (C=O) groups excluding carboxylic acids is 3. The molecule has 0 heterocycles. The molecule has 0 bridgehead atoms. The number of hydrogen-bond acceptors (Lipinski definition) is 8. The van der Waals surface area contributed by atoms with Gasteiger partial charge in [0.05, 0.1) is 13.2 Å². The van der Waals surface area contributed by atoms with E-state index in [1.54, 1.807) is 13.8 Å². The van der Waals surface area contributed by atoms with E-state index < -0.39 is 61.1 Å². The van der Waals surface area contributed by atoms with Crippen molar-refractivity contribution in [2.75, 3.05) is 19.0 Å². The second kappa shape index (κ2) is 12.5. The first-order chi connectivity index (χ1) is 12.6. The number of amides is 3. The Hall–Kier alpha value is -1.89. The molecule has 0 saturated heterocycles. The van der Waals surface area contributed by atoms with Crippen molar-refractivity contribution >= 4 is 36.3 Å². The van der Waals surface area contributed by atoms with Crippen LogP contribution in [0, 0.1) is 5.92 Å². The van der Waals surface area contributed by atoms with Crippen LogP contribution in [0.1, 0.15) is 20.3 Å². The highest BCUT2D eigenvalue weighted by Gasteiger charge is 2.32. The molecule has 12 heteroatoms. The van der Waals surface area contributed by atoms with Crippen LogP contribution in [0.15, 0.2) is 0 Å². The fourth-order valence-corrected chi connectivity index (χ4v) is 2.21. The third-order valence-corrected chi connectivity index (χ3v) is 4.30. The van der Waals surface area contributed by atoms with E-state index >= 15 is 0 Å². The van der Waals surface area contributed by atoms with Gasteiger partial charge in [-0.3, -0.25) is 14.4 Å². The van der Waals surface area contributed by atoms with Gasteiger partial charge in [-0.1, -0.05) is 20.3 Å². The molecule has 0 aromatic carbocycles. The van der Waals surface area contributed by atoms with Crippen LogP contribution in [0.25, 0.3) is 0 Å². The molecule has 0 spiro atoms. The highest BCUT2D eigenvalue weighted by Crippen LogP contribution is 2.09. The Bertz CT molecular complexity index is 534. The van der Waals surface area contributed by atoms with Crippen molar-refractivity contribution in [2.45, 2.75) is 44.4 Å². The van der Waals surface area contributed by atoms with E-state index in [9.17, 15) is 24.3 Å². The summed E-state index contributed by atoms with van der Waals surface area (Å²) in [6.45, 7) is 2.04. The topological polar surface area (TPSA) is 191 Å². The molecule has 27 heavy (non-hydrogen) atoms. The van der Waals surface area contributed by atoms with Crippen molar-refractivity contribution in [1.82, 2.24) is 16.0 Å². The van der Waals surface area contributed by atoms with Gasteiger partial charge in [-0.25, -0.2) is 4.79 Å². The summed E-state index contributed by atoms with van der Waals surface area (Å²) in [5.74, 6) is -4.21. The van der Waals surface area contributed by atoms with Crippen LogP contribution in [0.3, 0.4) is 0 Å². The van der Waals surface area contributed by atoms with Crippen molar-refractivity contribution in [3.8, 4) is 0 Å². The van der Waals surface area contributed by atoms with Gasteiger partial charge >= 0.3 is 5.97 Å². The largest absolute Gasteiger partial charge is 0.480 e. The molecule has 0 radical (unpaired) electrons. The number of thiol groups is 1. The smallest absolute Gasteiger partial charge is 0.327 e. The number of rotatable bonds is 12. The lowest BCUT2D eigenvalue weighted by molar-refractivity contribution is -0.142. The van der Waals surface area contributed by atoms with Crippen LogP contribution in [0.5, 0.6) is 0 Å². The number of aliphatic hydroxyl groups excluding tert-OH is 2. The maximum Gasteiger partial charge on any atom is 0.327 e. The average molecular weight is 408 g/mol. The molecule has 0 fully saturated rings. The van der Waals surface area contributed by atoms with E-state index in [1.807, 2.05) is 0 Å². The Morgan fingerprint density at radius 2 is 1.52 bits per heavy atom. The van der Waals surface area contributed by atoms with Crippen molar-refractivity contribution < 1.29 is 34.5 Å². The summed E-state index contributed by atoms with van der Waals surface area (Å²) in [5.41, 5.74) is 5.33. The number of carbonyl (C=O) groups is 4. The minimum atomic E-state index is -1.39. The maximum absolute atomic E-state index is 12.4. The van der Waals surface area contributed by atoms with E-state index in [4.69, 9.17) is 15.9 Å². The zero-order chi connectivity index (χ0) is 21.1. The molecule has 5 atom stereocenters. The number of aliphatic carboxylic acids is 1. The lowest BCUT2D eigenvalue weighted by atomic mass is 9.97. The SMILES string of the molecule is CCC(C)C(NC(=O)C(CO)NC(=O)C(N)CO)C(=O)NC(CS)C(=O)O. The lowest BCUT2D eigenvalue weighted by Crippen LogP contribution is -2.59. The van der Waals surface area contributed by atoms with Crippen LogP contribution in [0.4, 0.5) is 0 Å². The van der Waals surface area contributed by atoms with Gasteiger partial charge in [-0.2, -0.15) is 12.6 Å². The zero-order valence-corrected chi connectivity index (χ0v) is 16.1. The molecule has 156 valence electrons. The number of carboxylic acid groups (broad SMARTS) is 1. The van der Waals surface area contributed by atoms with Crippen LogP contribution < -0.4 is 21.7 Å². The molecular weight excluding hydrogens is 380 g/mol. The van der Waals surface area contributed by atoms with Gasteiger partial charge in [0.15, 0.2) is 0 Å². The van der Waals surface area contributed by atoms with E-state index in [0.717, 1.165) is 0 Å². The lowest BCUT2D eigenvalue weighted by Gasteiger charge is -2.27. The number of nitrogens with two attached hydrogens (primary N) is 1. The minimum Gasteiger partial charge on any atom is -0.480 e. The van der Waals surface area contributed by atoms with Gasteiger partial charge in [0.25, 0.3) is 0 Å². The molecule has 5 unspecified atom stereocenters. The predicted octanol–water partition coefficient (Wildman–Crippen LogP) is -3.19. The van der Waals surface area contributed by atoms with E-state index in [1.165, 1.54) is 0 Å². The van der Waals surface area contributed by atoms with Gasteiger partial charge in [0.1, 0.15) is 24.2 Å². The molecule has 3 amide bonds. The highest BCUT2D eigenvalue weighted by atomic mass is 32.1. The first-order valence-electron chi connectivity index (χ1n) is 8.34. The molecule has 0 aliphatic heterocycles. The van der Waals surface area contributed by atoms with Crippen LogP contribution in [-0.2, 0) is 19.2 Å². The molecule has 0 rings (SSSR count). The summed E-state index contributed by atoms with van der Waals surface area (Å²) in [7, 11) is 0. The Kier molecular flexibility index (Phi) is 11.6. The normalized spacial score (nSPS) is 16.4. The summed E-state index contributed by atoms with van der Waals surface area (Å²) in [5, 5.41) is 34.0. The van der Waals surface area contributed by atoms with Crippen LogP contribution in [-0.4, -0.2) is 82.1 Å². The zero-order valence-electron chi connectivity index (χ0n) is 15.2. The number of aliphatic hydroxyl groups is 2. The van der Waals surface area contributed by atoms with Crippen LogP contribution >= 0.6 is 12.6 Å². The summed E-state index contributed by atoms with van der Waals surface area (Å²) in [4.78, 5) is 47.5. The summed E-state index contributed by atoms with van der Waals surface area (Å²) in [6, 6.07) is -5.00. The highest BCUT2D eigenvalue weighted by molar-refractivity contribution is 7.80. The third kappa shape index (κ3) is 8.12. The molecule has 0 aromatic heterocycles. The molecule has 0 aliphatic carbocycles. The summed E-state index contributed by atoms with van der Waals surface area (Å²) >= 11 is 3.86. The van der Waals surface area contributed by atoms with Crippen LogP contribution in [0.2, 0.25) is 0 Å². The van der Waals surface area contributed by atoms with E-state index in [0.29, 0.717) is 6.42 Å². The molecular formula is C15H28N4O7S. The number of nitrogens with one attached hydrogen (secondary N) is 3. The van der Waals surface area contributed by atoms with Gasteiger partial charge in [0.2, 0.25) is 17.7 Å². The monoisotopic (exact) mass is 408 g/mol. The standard InChI is InChI=1S/C15H28N4O7S/c1-3-7(2)11(14(24)18-10(6-27)15(25)26)19-13(23)9(5-21)17-12(22)8(16)4-20/h7-11,20-21,27H,3-6,16H2,1-2H3,(H,17,22)(H,18,24)(H,19,23)(H,25,26). The molecule has 11 nitrogen and oxygen atoms in total. The Morgan fingerprint density at radius 1 is 0.963 bits per heavy atom. The molecule has 0 saturated carbocycles. The molecule has 8 N–H and O–H groups in total. The first kappa shape index (κ1) is 25.1. The van der Waals surface area contributed by atoms with Gasteiger partial charge in [-0.05, 0) is 5.92 Å². The quantitative estimate of drug-likeness (QED) is 0.155. The Labute approximate surface area is 162 Å². The number of hydrogen-bond donors (Lipinski definition) is 8. The number of carboxylic acids is 1. The Morgan fingerprint density at radius 3 is 1.93 bits per heavy atom. The van der Waals surface area contributed by atoms with Gasteiger partial charge in [-0.15, -0.1) is 0 Å². The fourth-order valence-electron chi connectivity index (χ4n) is 1.96. The Balaban J connectivity index is 5.20. The maximum atomic E-state index is 12.4. The second-order valence-corrected chi connectivity index (χ2v) is 6.35. The summed E-state index contributed by atoms with van der Waals surface area (Å²) < 4.78 is 0. The summed E-state index contributed by atoms with van der Waals surface area (Å²) in [6.07, 6.45) is 0.489. The van der Waals surface area contributed by atoms with E-state index in [2.05, 4.69) is 28.6 Å². The average Bonchev–Trinajstić information content (AvgIpc) is 2.65. The van der Waals surface area contributed by atoms with Crippen molar-refractivity contribution in [3.63, 3.8) is 0 Å². The van der Waals surface area contributed by atoms with Crippen molar-refractivity contribution in [2.24, 2.45) is 11.7 Å². The molecule has 0 aromatic rings. The molecule has 0 aliphatic rings. The first-order valence-corrected chi connectivity index (χ1v) is 8.98. The van der Waals surface area contributed by atoms with Gasteiger partial charge in [0, 0.05) is 5.75 Å². The fraction of sp³-hybridized carbons (Fsp3) is 0.733.